The second-order valence-corrected chi connectivity index (χ2v) is 15.3. The minimum Gasteiger partial charge on any atom is -0.309 e. The Hall–Kier alpha value is -6.39. The Bertz CT molecular complexity index is 2820. The first-order valence-corrected chi connectivity index (χ1v) is 18.4. The molecule has 0 amide bonds. The second-order valence-electron chi connectivity index (χ2n) is 15.3. The van der Waals surface area contributed by atoms with Crippen LogP contribution in [-0.4, -0.2) is 19.5 Å². The average molecular weight is 683 g/mol. The molecule has 0 atom stereocenters. The molecule has 0 saturated carbocycles. The quantitative estimate of drug-likeness (QED) is 0.186. The van der Waals surface area contributed by atoms with E-state index < -0.39 is 0 Å². The summed E-state index contributed by atoms with van der Waals surface area (Å²) in [5.74, 6) is 1.95. The Morgan fingerprint density at radius 1 is 0.453 bits per heavy atom. The monoisotopic (exact) mass is 682 g/mol. The van der Waals surface area contributed by atoms with Crippen LogP contribution in [0.3, 0.4) is 0 Å². The lowest BCUT2D eigenvalue weighted by molar-refractivity contribution is 0.301. The highest BCUT2D eigenvalue weighted by molar-refractivity contribution is 6.16. The Balaban J connectivity index is 1.26. The fourth-order valence-electron chi connectivity index (χ4n) is 8.64. The number of para-hydroxylation sites is 1. The van der Waals surface area contributed by atoms with Gasteiger partial charge in [0.1, 0.15) is 0 Å². The van der Waals surface area contributed by atoms with Crippen molar-refractivity contribution >= 4 is 32.6 Å². The standard InChI is InChI=1S/C49H38N4/c1-48(2)40-29-28-38-37-24-13-14-25-41(37)53(44(38)42(40)39-27-26-31-16-11-12-23-36(31)43(39)49(48,3)4)35-22-15-21-34(30-35)47-51-45(32-17-7-5-8-18-32)50-46(52-47)33-19-9-6-10-20-33/h5-30H,1-4H3. The SMILES string of the molecule is CC1(C)c2ccc3c4ccccc4n(-c4cccc(-c5nc(-c6ccccc6)nc(-c6ccccc6)n5)c4)c3c2-c2ccc3ccccc3c2C1(C)C. The molecule has 0 aliphatic heterocycles. The molecule has 1 aliphatic carbocycles. The summed E-state index contributed by atoms with van der Waals surface area (Å²) < 4.78 is 2.47. The molecule has 0 saturated heterocycles. The zero-order valence-corrected chi connectivity index (χ0v) is 30.3. The molecule has 53 heavy (non-hydrogen) atoms. The van der Waals surface area contributed by atoms with E-state index in [2.05, 4.69) is 154 Å². The third-order valence-corrected chi connectivity index (χ3v) is 12.0. The Kier molecular flexibility index (Phi) is 6.84. The summed E-state index contributed by atoms with van der Waals surface area (Å²) in [7, 11) is 0. The van der Waals surface area contributed by atoms with Gasteiger partial charge in [-0.1, -0.05) is 167 Å². The largest absolute Gasteiger partial charge is 0.309 e. The van der Waals surface area contributed by atoms with Gasteiger partial charge in [0, 0.05) is 44.1 Å². The van der Waals surface area contributed by atoms with E-state index in [4.69, 9.17) is 15.0 Å². The molecule has 0 unspecified atom stereocenters. The van der Waals surface area contributed by atoms with E-state index in [1.807, 2.05) is 36.4 Å². The first-order valence-electron chi connectivity index (χ1n) is 18.4. The Labute approximate surface area is 309 Å². The van der Waals surface area contributed by atoms with Crippen LogP contribution in [0.2, 0.25) is 0 Å². The molecule has 0 fully saturated rings. The van der Waals surface area contributed by atoms with Gasteiger partial charge in [-0.25, -0.2) is 15.0 Å². The van der Waals surface area contributed by atoms with Gasteiger partial charge in [-0.05, 0) is 51.1 Å². The molecule has 0 bridgehead atoms. The number of benzene rings is 7. The summed E-state index contributed by atoms with van der Waals surface area (Å²) in [4.78, 5) is 15.1. The van der Waals surface area contributed by atoms with Crippen molar-refractivity contribution in [3.63, 3.8) is 0 Å². The third-order valence-electron chi connectivity index (χ3n) is 12.0. The molecule has 0 N–H and O–H groups in total. The fraction of sp³-hybridized carbons (Fsp3) is 0.122. The van der Waals surface area contributed by atoms with E-state index in [9.17, 15) is 0 Å². The Morgan fingerprint density at radius 2 is 1.04 bits per heavy atom. The molecule has 9 aromatic rings. The first kappa shape index (κ1) is 31.4. The molecule has 0 radical (unpaired) electrons. The fourth-order valence-corrected chi connectivity index (χ4v) is 8.64. The van der Waals surface area contributed by atoms with Gasteiger partial charge >= 0.3 is 0 Å². The molecule has 7 aromatic carbocycles. The highest BCUT2D eigenvalue weighted by Crippen LogP contribution is 2.58. The summed E-state index contributed by atoms with van der Waals surface area (Å²) >= 11 is 0. The van der Waals surface area contributed by atoms with Gasteiger partial charge in [0.15, 0.2) is 17.5 Å². The summed E-state index contributed by atoms with van der Waals surface area (Å²) in [5, 5.41) is 5.09. The van der Waals surface area contributed by atoms with E-state index in [1.54, 1.807) is 0 Å². The van der Waals surface area contributed by atoms with E-state index in [1.165, 1.54) is 54.8 Å². The van der Waals surface area contributed by atoms with Crippen molar-refractivity contribution in [2.24, 2.45) is 0 Å². The normalized spacial score (nSPS) is 14.3. The van der Waals surface area contributed by atoms with Crippen molar-refractivity contribution in [1.82, 2.24) is 19.5 Å². The van der Waals surface area contributed by atoms with E-state index in [0.29, 0.717) is 17.5 Å². The van der Waals surface area contributed by atoms with Crippen LogP contribution in [0, 0.1) is 0 Å². The van der Waals surface area contributed by atoms with Crippen molar-refractivity contribution in [1.29, 1.82) is 0 Å². The molecule has 254 valence electrons. The van der Waals surface area contributed by atoms with Crippen LogP contribution >= 0.6 is 0 Å². The molecule has 1 aliphatic rings. The maximum absolute atomic E-state index is 5.08. The van der Waals surface area contributed by atoms with Gasteiger partial charge in [-0.15, -0.1) is 0 Å². The highest BCUT2D eigenvalue weighted by atomic mass is 15.0. The van der Waals surface area contributed by atoms with Gasteiger partial charge in [-0.2, -0.15) is 0 Å². The molecular weight excluding hydrogens is 645 g/mol. The van der Waals surface area contributed by atoms with E-state index in [-0.39, 0.29) is 10.8 Å². The highest BCUT2D eigenvalue weighted by Gasteiger charge is 2.47. The van der Waals surface area contributed by atoms with E-state index in [0.717, 1.165) is 22.4 Å². The summed E-state index contributed by atoms with van der Waals surface area (Å²) in [6, 6.07) is 56.1. The molecule has 0 spiro atoms. The molecular formula is C49H38N4. The lowest BCUT2D eigenvalue weighted by atomic mass is 9.54. The van der Waals surface area contributed by atoms with Crippen molar-refractivity contribution in [2.75, 3.05) is 0 Å². The maximum Gasteiger partial charge on any atom is 0.164 e. The number of fused-ring (bicyclic) bond motifs is 9. The summed E-state index contributed by atoms with van der Waals surface area (Å²) in [6.07, 6.45) is 0. The molecule has 10 rings (SSSR count). The minimum absolute atomic E-state index is 0.119. The van der Waals surface area contributed by atoms with Crippen LogP contribution in [0.4, 0.5) is 0 Å². The van der Waals surface area contributed by atoms with E-state index >= 15 is 0 Å². The van der Waals surface area contributed by atoms with Crippen molar-refractivity contribution in [3.8, 4) is 51.0 Å². The number of aromatic nitrogens is 4. The van der Waals surface area contributed by atoms with Gasteiger partial charge < -0.3 is 4.57 Å². The van der Waals surface area contributed by atoms with Crippen LogP contribution in [0.5, 0.6) is 0 Å². The molecule has 2 heterocycles. The molecule has 4 heteroatoms. The van der Waals surface area contributed by atoms with Crippen LogP contribution in [0.1, 0.15) is 38.8 Å². The zero-order chi connectivity index (χ0) is 35.9. The van der Waals surface area contributed by atoms with Crippen molar-refractivity contribution in [2.45, 2.75) is 38.5 Å². The predicted molar refractivity (Wildman–Crippen MR) is 219 cm³/mol. The number of nitrogens with zero attached hydrogens (tertiary/aromatic N) is 4. The van der Waals surface area contributed by atoms with Gasteiger partial charge in [0.05, 0.1) is 11.0 Å². The second kappa shape index (κ2) is 11.6. The smallest absolute Gasteiger partial charge is 0.164 e. The first-order chi connectivity index (χ1) is 25.8. The predicted octanol–water partition coefficient (Wildman–Crippen LogP) is 12.4. The van der Waals surface area contributed by atoms with Gasteiger partial charge in [0.2, 0.25) is 0 Å². The molecule has 2 aromatic heterocycles. The van der Waals surface area contributed by atoms with Crippen molar-refractivity contribution < 1.29 is 0 Å². The minimum atomic E-state index is -0.149. The number of hydrogen-bond acceptors (Lipinski definition) is 3. The summed E-state index contributed by atoms with van der Waals surface area (Å²) in [6.45, 7) is 9.69. The van der Waals surface area contributed by atoms with Crippen molar-refractivity contribution in [3.05, 3.63) is 169 Å². The lowest BCUT2D eigenvalue weighted by Crippen LogP contribution is -2.43. The van der Waals surface area contributed by atoms with Gasteiger partial charge in [-0.3, -0.25) is 0 Å². The Morgan fingerprint density at radius 3 is 1.74 bits per heavy atom. The zero-order valence-electron chi connectivity index (χ0n) is 30.3. The summed E-state index contributed by atoms with van der Waals surface area (Å²) in [5.41, 5.74) is 11.4. The van der Waals surface area contributed by atoms with Crippen LogP contribution in [-0.2, 0) is 10.8 Å². The lowest BCUT2D eigenvalue weighted by Gasteiger charge is -2.49. The number of hydrogen-bond donors (Lipinski definition) is 0. The maximum atomic E-state index is 5.08. The topological polar surface area (TPSA) is 43.6 Å². The number of rotatable bonds is 4. The average Bonchev–Trinajstić information content (AvgIpc) is 3.55. The van der Waals surface area contributed by atoms with Crippen LogP contribution in [0.15, 0.2) is 158 Å². The van der Waals surface area contributed by atoms with Crippen LogP contribution < -0.4 is 0 Å². The van der Waals surface area contributed by atoms with Gasteiger partial charge in [0.25, 0.3) is 0 Å². The van der Waals surface area contributed by atoms with Crippen LogP contribution in [0.25, 0.3) is 83.6 Å². The molecule has 4 nitrogen and oxygen atoms in total. The third kappa shape index (κ3) is 4.65.